The summed E-state index contributed by atoms with van der Waals surface area (Å²) in [6.45, 7) is 2.06. The summed E-state index contributed by atoms with van der Waals surface area (Å²) in [5.41, 5.74) is 0.939. The molecule has 0 saturated carbocycles. The minimum atomic E-state index is 0.0914. The summed E-state index contributed by atoms with van der Waals surface area (Å²) < 4.78 is 6.86. The van der Waals surface area contributed by atoms with Gasteiger partial charge in [0.2, 0.25) is 11.8 Å². The number of benzene rings is 2. The Kier molecular flexibility index (Phi) is 4.41. The number of nitrogens with zero attached hydrogens (tertiary/aromatic N) is 2. The van der Waals surface area contributed by atoms with Gasteiger partial charge in [-0.05, 0) is 47.1 Å². The van der Waals surface area contributed by atoms with Gasteiger partial charge in [-0.2, -0.15) is 0 Å². The molecule has 0 fully saturated rings. The summed E-state index contributed by atoms with van der Waals surface area (Å²) in [7, 11) is 0. The van der Waals surface area contributed by atoms with E-state index in [1.165, 1.54) is 0 Å². The van der Waals surface area contributed by atoms with Crippen LogP contribution in [0.1, 0.15) is 18.1 Å². The molecule has 1 aromatic heterocycles. The number of hydrogen-bond donors (Lipinski definition) is 0. The average Bonchev–Trinajstić information content (AvgIpc) is 3.00. The molecule has 21 heavy (non-hydrogen) atoms. The van der Waals surface area contributed by atoms with E-state index in [1.807, 2.05) is 48.5 Å². The Hall–Kier alpha value is -1.59. The Morgan fingerprint density at radius 1 is 1.00 bits per heavy atom. The summed E-state index contributed by atoms with van der Waals surface area (Å²) in [6, 6.07) is 17.9. The molecule has 1 heterocycles. The van der Waals surface area contributed by atoms with Crippen LogP contribution in [-0.2, 0) is 0 Å². The van der Waals surface area contributed by atoms with E-state index in [2.05, 4.69) is 39.1 Å². The van der Waals surface area contributed by atoms with Crippen LogP contribution in [0.3, 0.4) is 0 Å². The summed E-state index contributed by atoms with van der Waals surface area (Å²) >= 11 is 5.24. The molecule has 0 bridgehead atoms. The van der Waals surface area contributed by atoms with Gasteiger partial charge in [0.1, 0.15) is 0 Å². The highest BCUT2D eigenvalue weighted by Gasteiger charge is 2.17. The molecule has 0 aliphatic heterocycles. The highest BCUT2D eigenvalue weighted by atomic mass is 79.9. The fourth-order valence-electron chi connectivity index (χ4n) is 1.88. The van der Waals surface area contributed by atoms with Crippen molar-refractivity contribution in [3.05, 3.63) is 65.0 Å². The maximum absolute atomic E-state index is 5.79. The van der Waals surface area contributed by atoms with E-state index in [0.717, 1.165) is 14.9 Å². The lowest BCUT2D eigenvalue weighted by molar-refractivity contribution is 0.509. The van der Waals surface area contributed by atoms with Crippen LogP contribution in [0.2, 0.25) is 0 Å². The zero-order valence-corrected chi connectivity index (χ0v) is 13.8. The Morgan fingerprint density at radius 3 is 2.48 bits per heavy atom. The topological polar surface area (TPSA) is 38.9 Å². The highest BCUT2D eigenvalue weighted by Crippen LogP contribution is 2.38. The Bertz CT molecular complexity index is 730. The molecule has 5 heteroatoms. The van der Waals surface area contributed by atoms with Crippen LogP contribution < -0.4 is 0 Å². The van der Waals surface area contributed by atoms with Crippen LogP contribution in [0, 0.1) is 0 Å². The maximum Gasteiger partial charge on any atom is 0.247 e. The van der Waals surface area contributed by atoms with Gasteiger partial charge in [0.25, 0.3) is 0 Å². The first-order chi connectivity index (χ1) is 10.2. The summed E-state index contributed by atoms with van der Waals surface area (Å²) in [4.78, 5) is 1.16. The molecular weight excluding hydrogens is 348 g/mol. The number of halogens is 1. The van der Waals surface area contributed by atoms with Crippen molar-refractivity contribution < 1.29 is 4.42 Å². The van der Waals surface area contributed by atoms with Gasteiger partial charge in [-0.3, -0.25) is 0 Å². The molecule has 0 radical (unpaired) electrons. The van der Waals surface area contributed by atoms with E-state index in [9.17, 15) is 0 Å². The van der Waals surface area contributed by atoms with E-state index in [0.29, 0.717) is 11.8 Å². The number of aromatic nitrogens is 2. The summed E-state index contributed by atoms with van der Waals surface area (Å²) in [5.74, 6) is 1.19. The number of hydrogen-bond acceptors (Lipinski definition) is 4. The second-order valence-corrected chi connectivity index (χ2v) is 6.74. The molecule has 3 nitrogen and oxygen atoms in total. The van der Waals surface area contributed by atoms with Crippen molar-refractivity contribution in [1.29, 1.82) is 0 Å². The van der Waals surface area contributed by atoms with Crippen LogP contribution in [0.5, 0.6) is 0 Å². The van der Waals surface area contributed by atoms with Crippen molar-refractivity contribution in [1.82, 2.24) is 10.2 Å². The third-order valence-corrected chi connectivity index (χ3v) is 5.07. The second kappa shape index (κ2) is 6.45. The lowest BCUT2D eigenvalue weighted by Gasteiger charge is -2.08. The third kappa shape index (κ3) is 3.36. The smallest absolute Gasteiger partial charge is 0.247 e. The largest absolute Gasteiger partial charge is 0.419 e. The van der Waals surface area contributed by atoms with Gasteiger partial charge in [-0.1, -0.05) is 30.3 Å². The third-order valence-electron chi connectivity index (χ3n) is 2.95. The van der Waals surface area contributed by atoms with Gasteiger partial charge in [-0.25, -0.2) is 0 Å². The van der Waals surface area contributed by atoms with E-state index >= 15 is 0 Å². The van der Waals surface area contributed by atoms with E-state index in [-0.39, 0.29) is 5.25 Å². The molecule has 1 unspecified atom stereocenters. The summed E-state index contributed by atoms with van der Waals surface area (Å²) in [6.07, 6.45) is 0. The monoisotopic (exact) mass is 360 g/mol. The minimum absolute atomic E-state index is 0.0914. The second-order valence-electron chi connectivity index (χ2n) is 4.50. The van der Waals surface area contributed by atoms with Crippen molar-refractivity contribution in [3.63, 3.8) is 0 Å². The predicted molar refractivity (Wildman–Crippen MR) is 88.1 cm³/mol. The molecule has 0 aliphatic carbocycles. The molecule has 0 saturated heterocycles. The first-order valence-electron chi connectivity index (χ1n) is 6.54. The van der Waals surface area contributed by atoms with Crippen molar-refractivity contribution in [2.24, 2.45) is 0 Å². The quantitative estimate of drug-likeness (QED) is 0.587. The van der Waals surface area contributed by atoms with Gasteiger partial charge < -0.3 is 4.42 Å². The molecule has 106 valence electrons. The highest BCUT2D eigenvalue weighted by molar-refractivity contribution is 9.10. The molecule has 0 spiro atoms. The lowest BCUT2D eigenvalue weighted by Crippen LogP contribution is -1.89. The predicted octanol–water partition coefficient (Wildman–Crippen LogP) is 5.35. The molecule has 2 aromatic carbocycles. The summed E-state index contributed by atoms with van der Waals surface area (Å²) in [5, 5.41) is 8.39. The minimum Gasteiger partial charge on any atom is -0.419 e. The van der Waals surface area contributed by atoms with Gasteiger partial charge in [0.05, 0.1) is 5.25 Å². The van der Waals surface area contributed by atoms with Crippen LogP contribution in [0.15, 0.2) is 68.4 Å². The average molecular weight is 361 g/mol. The first kappa shape index (κ1) is 14.4. The first-order valence-corrected chi connectivity index (χ1v) is 8.21. The van der Waals surface area contributed by atoms with Crippen molar-refractivity contribution in [2.45, 2.75) is 17.1 Å². The molecule has 0 aliphatic rings. The molecule has 3 aromatic rings. The van der Waals surface area contributed by atoms with Gasteiger partial charge in [0, 0.05) is 14.9 Å². The van der Waals surface area contributed by atoms with Crippen LogP contribution in [0.4, 0.5) is 0 Å². The molecular formula is C16H13BrN2OS. The lowest BCUT2D eigenvalue weighted by atomic mass is 10.2. The Labute approximate surface area is 135 Å². The van der Waals surface area contributed by atoms with Crippen LogP contribution >= 0.6 is 27.7 Å². The van der Waals surface area contributed by atoms with Crippen LogP contribution in [0.25, 0.3) is 11.5 Å². The van der Waals surface area contributed by atoms with E-state index in [4.69, 9.17) is 4.42 Å². The maximum atomic E-state index is 5.79. The van der Waals surface area contributed by atoms with Crippen molar-refractivity contribution >= 4 is 27.7 Å². The zero-order valence-electron chi connectivity index (χ0n) is 11.4. The van der Waals surface area contributed by atoms with Crippen molar-refractivity contribution in [3.8, 4) is 11.5 Å². The number of rotatable bonds is 4. The molecule has 3 rings (SSSR count). The number of thioether (sulfide) groups is 1. The molecule has 1 atom stereocenters. The Balaban J connectivity index is 1.79. The molecule has 0 N–H and O–H groups in total. The Morgan fingerprint density at radius 2 is 1.71 bits per heavy atom. The normalized spacial score (nSPS) is 12.3. The fourth-order valence-corrected chi connectivity index (χ4v) is 3.36. The van der Waals surface area contributed by atoms with Gasteiger partial charge in [-0.15, -0.1) is 22.0 Å². The van der Waals surface area contributed by atoms with Crippen molar-refractivity contribution in [2.75, 3.05) is 0 Å². The standard InChI is InChI=1S/C16H13BrN2OS/c1-11(21-14-10-6-5-9-13(14)17)15-18-19-16(20-15)12-7-3-2-4-8-12/h2-11H,1H3. The van der Waals surface area contributed by atoms with Gasteiger partial charge in [0.15, 0.2) is 0 Å². The van der Waals surface area contributed by atoms with Gasteiger partial charge >= 0.3 is 0 Å². The fraction of sp³-hybridized carbons (Fsp3) is 0.125. The van der Waals surface area contributed by atoms with Crippen LogP contribution in [-0.4, -0.2) is 10.2 Å². The SMILES string of the molecule is CC(Sc1ccccc1Br)c1nnc(-c2ccccc2)o1. The molecule has 0 amide bonds. The van der Waals surface area contributed by atoms with E-state index < -0.39 is 0 Å². The zero-order chi connectivity index (χ0) is 14.7. The van der Waals surface area contributed by atoms with E-state index in [1.54, 1.807) is 11.8 Å².